The molecule has 0 fully saturated rings. The van der Waals surface area contributed by atoms with Gasteiger partial charge in [0, 0.05) is 17.7 Å². The summed E-state index contributed by atoms with van der Waals surface area (Å²) in [6.45, 7) is 0.422. The lowest BCUT2D eigenvalue weighted by atomic mass is 10.0. The van der Waals surface area contributed by atoms with Crippen LogP contribution in [-0.2, 0) is 10.9 Å². The molecule has 1 unspecified atom stereocenters. The number of rotatable bonds is 2. The van der Waals surface area contributed by atoms with Gasteiger partial charge < -0.3 is 15.6 Å². The standard InChI is InChI=1S/C12H12F3NO2/c13-12(14,15)7-3-4-9(16)8(6-7)11(17)10-2-1-5-18-10/h2-4,6,11,17H,1,5,16H2. The first-order chi connectivity index (χ1) is 8.39. The number of aliphatic hydroxyl groups is 1. The van der Waals surface area contributed by atoms with E-state index in [2.05, 4.69) is 0 Å². The topological polar surface area (TPSA) is 55.5 Å². The number of aliphatic hydroxyl groups excluding tert-OH is 1. The van der Waals surface area contributed by atoms with Crippen molar-refractivity contribution < 1.29 is 23.0 Å². The van der Waals surface area contributed by atoms with Gasteiger partial charge in [0.2, 0.25) is 0 Å². The summed E-state index contributed by atoms with van der Waals surface area (Å²) in [5.41, 5.74) is 4.86. The molecule has 1 aliphatic rings. The number of benzene rings is 1. The van der Waals surface area contributed by atoms with Crippen LogP contribution in [0.4, 0.5) is 18.9 Å². The van der Waals surface area contributed by atoms with Crippen LogP contribution in [0, 0.1) is 0 Å². The van der Waals surface area contributed by atoms with Gasteiger partial charge in [-0.15, -0.1) is 0 Å². The van der Waals surface area contributed by atoms with Gasteiger partial charge in [-0.05, 0) is 24.3 Å². The second-order valence-corrected chi connectivity index (χ2v) is 3.99. The van der Waals surface area contributed by atoms with E-state index < -0.39 is 17.8 Å². The van der Waals surface area contributed by atoms with Crippen LogP contribution in [0.15, 0.2) is 30.0 Å². The lowest BCUT2D eigenvalue weighted by Crippen LogP contribution is -2.10. The summed E-state index contributed by atoms with van der Waals surface area (Å²) >= 11 is 0. The van der Waals surface area contributed by atoms with Crippen molar-refractivity contribution in [1.29, 1.82) is 0 Å². The van der Waals surface area contributed by atoms with Crippen LogP contribution in [0.5, 0.6) is 0 Å². The fraction of sp³-hybridized carbons (Fsp3) is 0.333. The molecule has 1 aliphatic heterocycles. The highest BCUT2D eigenvalue weighted by molar-refractivity contribution is 5.52. The molecule has 1 atom stereocenters. The van der Waals surface area contributed by atoms with Crippen molar-refractivity contribution in [2.45, 2.75) is 18.7 Å². The molecule has 0 bridgehead atoms. The Labute approximate surface area is 102 Å². The van der Waals surface area contributed by atoms with Crippen LogP contribution in [0.25, 0.3) is 0 Å². The van der Waals surface area contributed by atoms with Crippen molar-refractivity contribution in [1.82, 2.24) is 0 Å². The predicted molar refractivity (Wildman–Crippen MR) is 59.5 cm³/mol. The molecule has 0 radical (unpaired) electrons. The van der Waals surface area contributed by atoms with Crippen molar-refractivity contribution in [2.24, 2.45) is 0 Å². The highest BCUT2D eigenvalue weighted by atomic mass is 19.4. The molecule has 98 valence electrons. The first-order valence-corrected chi connectivity index (χ1v) is 5.37. The molecular formula is C12H12F3NO2. The van der Waals surface area contributed by atoms with Crippen LogP contribution in [0.3, 0.4) is 0 Å². The third-order valence-corrected chi connectivity index (χ3v) is 2.71. The minimum absolute atomic E-state index is 0.0120. The Morgan fingerprint density at radius 3 is 2.61 bits per heavy atom. The number of anilines is 1. The number of hydrogen-bond acceptors (Lipinski definition) is 3. The van der Waals surface area contributed by atoms with Gasteiger partial charge in [-0.3, -0.25) is 0 Å². The minimum Gasteiger partial charge on any atom is -0.495 e. The van der Waals surface area contributed by atoms with E-state index in [1.165, 1.54) is 0 Å². The molecule has 0 aromatic heterocycles. The monoisotopic (exact) mass is 259 g/mol. The Hall–Kier alpha value is -1.69. The van der Waals surface area contributed by atoms with Crippen molar-refractivity contribution in [3.8, 4) is 0 Å². The summed E-state index contributed by atoms with van der Waals surface area (Å²) in [6.07, 6.45) is -3.45. The predicted octanol–water partition coefficient (Wildman–Crippen LogP) is 2.63. The molecule has 18 heavy (non-hydrogen) atoms. The normalized spacial score (nSPS) is 17.2. The van der Waals surface area contributed by atoms with Crippen molar-refractivity contribution in [2.75, 3.05) is 12.3 Å². The molecule has 3 N–H and O–H groups in total. The first kappa shape index (κ1) is 12.8. The van der Waals surface area contributed by atoms with Gasteiger partial charge in [-0.25, -0.2) is 0 Å². The molecule has 0 saturated heterocycles. The first-order valence-electron chi connectivity index (χ1n) is 5.37. The molecule has 0 spiro atoms. The smallest absolute Gasteiger partial charge is 0.416 e. The van der Waals surface area contributed by atoms with Crippen molar-refractivity contribution in [3.63, 3.8) is 0 Å². The SMILES string of the molecule is Nc1ccc(C(F)(F)F)cc1C(O)C1=CCCO1. The second kappa shape index (κ2) is 4.53. The molecule has 6 heteroatoms. The zero-order valence-electron chi connectivity index (χ0n) is 9.37. The Morgan fingerprint density at radius 1 is 1.33 bits per heavy atom. The third-order valence-electron chi connectivity index (χ3n) is 2.71. The largest absolute Gasteiger partial charge is 0.495 e. The van der Waals surface area contributed by atoms with E-state index in [1.807, 2.05) is 0 Å². The summed E-state index contributed by atoms with van der Waals surface area (Å²) in [6, 6.07) is 2.87. The van der Waals surface area contributed by atoms with E-state index in [0.29, 0.717) is 13.0 Å². The summed E-state index contributed by atoms with van der Waals surface area (Å²) in [7, 11) is 0. The van der Waals surface area contributed by atoms with Crippen molar-refractivity contribution in [3.05, 3.63) is 41.2 Å². The maximum atomic E-state index is 12.6. The quantitative estimate of drug-likeness (QED) is 0.803. The summed E-state index contributed by atoms with van der Waals surface area (Å²) in [4.78, 5) is 0. The van der Waals surface area contributed by atoms with Gasteiger partial charge >= 0.3 is 6.18 Å². The molecule has 2 rings (SSSR count). The van der Waals surface area contributed by atoms with E-state index in [4.69, 9.17) is 10.5 Å². The highest BCUT2D eigenvalue weighted by Crippen LogP contribution is 2.35. The Bertz CT molecular complexity index is 483. The average molecular weight is 259 g/mol. The number of ether oxygens (including phenoxy) is 1. The Balaban J connectivity index is 2.37. The molecule has 1 aromatic rings. The number of alkyl halides is 3. The van der Waals surface area contributed by atoms with E-state index in [-0.39, 0.29) is 17.0 Å². The van der Waals surface area contributed by atoms with Gasteiger partial charge in [0.25, 0.3) is 0 Å². The van der Waals surface area contributed by atoms with Crippen LogP contribution >= 0.6 is 0 Å². The summed E-state index contributed by atoms with van der Waals surface area (Å²) < 4.78 is 42.8. The summed E-state index contributed by atoms with van der Waals surface area (Å²) in [5, 5.41) is 9.95. The average Bonchev–Trinajstić information content (AvgIpc) is 2.80. The molecule has 3 nitrogen and oxygen atoms in total. The number of halogens is 3. The van der Waals surface area contributed by atoms with Crippen LogP contribution in [0.1, 0.15) is 23.7 Å². The van der Waals surface area contributed by atoms with Gasteiger partial charge in [-0.2, -0.15) is 13.2 Å². The lowest BCUT2D eigenvalue weighted by molar-refractivity contribution is -0.137. The number of nitrogens with two attached hydrogens (primary N) is 1. The fourth-order valence-electron chi connectivity index (χ4n) is 1.77. The highest BCUT2D eigenvalue weighted by Gasteiger charge is 2.32. The molecule has 1 heterocycles. The van der Waals surface area contributed by atoms with Crippen LogP contribution in [0.2, 0.25) is 0 Å². The van der Waals surface area contributed by atoms with Crippen LogP contribution in [-0.4, -0.2) is 11.7 Å². The van der Waals surface area contributed by atoms with Gasteiger partial charge in [-0.1, -0.05) is 0 Å². The van der Waals surface area contributed by atoms with E-state index in [0.717, 1.165) is 18.2 Å². The van der Waals surface area contributed by atoms with Crippen molar-refractivity contribution >= 4 is 5.69 Å². The Morgan fingerprint density at radius 2 is 2.06 bits per heavy atom. The molecule has 0 amide bonds. The maximum absolute atomic E-state index is 12.6. The summed E-state index contributed by atoms with van der Waals surface area (Å²) in [5.74, 6) is 0.251. The van der Waals surface area contributed by atoms with E-state index >= 15 is 0 Å². The second-order valence-electron chi connectivity index (χ2n) is 3.99. The van der Waals surface area contributed by atoms with Crippen LogP contribution < -0.4 is 5.73 Å². The maximum Gasteiger partial charge on any atom is 0.416 e. The molecule has 1 aromatic carbocycles. The fourth-order valence-corrected chi connectivity index (χ4v) is 1.77. The lowest BCUT2D eigenvalue weighted by Gasteiger charge is -2.16. The van der Waals surface area contributed by atoms with Gasteiger partial charge in [0.05, 0.1) is 12.2 Å². The molecular weight excluding hydrogens is 247 g/mol. The van der Waals surface area contributed by atoms with Gasteiger partial charge in [0.1, 0.15) is 11.9 Å². The van der Waals surface area contributed by atoms with Gasteiger partial charge in [0.15, 0.2) is 0 Å². The third kappa shape index (κ3) is 2.43. The zero-order valence-corrected chi connectivity index (χ0v) is 9.37. The molecule has 0 saturated carbocycles. The minimum atomic E-state index is -4.47. The number of hydrogen-bond donors (Lipinski definition) is 2. The van der Waals surface area contributed by atoms with E-state index in [9.17, 15) is 18.3 Å². The zero-order chi connectivity index (χ0) is 13.3. The van der Waals surface area contributed by atoms with E-state index in [1.54, 1.807) is 6.08 Å². The molecule has 0 aliphatic carbocycles. The Kier molecular flexibility index (Phi) is 3.21. The number of nitrogen functional groups attached to an aromatic ring is 1.